The van der Waals surface area contributed by atoms with Gasteiger partial charge >= 0.3 is 0 Å². The molecule has 1 heterocycles. The Morgan fingerprint density at radius 2 is 1.42 bits per heavy atom. The monoisotopic (exact) mass is 450 g/mol. The minimum absolute atomic E-state index is 0.512. The van der Waals surface area contributed by atoms with Crippen LogP contribution in [0.25, 0.3) is 11.4 Å². The lowest BCUT2D eigenvalue weighted by atomic mass is 9.99. The third-order valence-electron chi connectivity index (χ3n) is 4.99. The maximum atomic E-state index is 5.59. The molecule has 0 spiro atoms. The fraction of sp³-hybridized carbons (Fsp3) is 0.400. The van der Waals surface area contributed by atoms with Crippen molar-refractivity contribution < 1.29 is 9.47 Å². The van der Waals surface area contributed by atoms with Gasteiger partial charge in [-0.05, 0) is 37.5 Å². The normalized spacial score (nSPS) is 10.9. The summed E-state index contributed by atoms with van der Waals surface area (Å²) in [5, 5.41) is 6.59. The third kappa shape index (κ3) is 7.78. The molecule has 0 aliphatic carbocycles. The van der Waals surface area contributed by atoms with Crippen molar-refractivity contribution in [3.8, 4) is 11.4 Å². The van der Waals surface area contributed by atoms with Gasteiger partial charge in [0.25, 0.3) is 0 Å². The lowest BCUT2D eigenvalue weighted by molar-refractivity contribution is 0.0547. The molecule has 0 aliphatic rings. The number of aryl methyl sites for hydroxylation is 3. The maximum Gasteiger partial charge on any atom is 0.228 e. The molecule has 8 nitrogen and oxygen atoms in total. The molecule has 0 atom stereocenters. The zero-order valence-corrected chi connectivity index (χ0v) is 19.7. The molecule has 2 aromatic carbocycles. The Bertz CT molecular complexity index is 990. The molecule has 0 aliphatic heterocycles. The third-order valence-corrected chi connectivity index (χ3v) is 4.99. The predicted octanol–water partition coefficient (Wildman–Crippen LogP) is 3.48. The van der Waals surface area contributed by atoms with E-state index in [9.17, 15) is 0 Å². The standard InChI is InChI=1S/C25H34N6O2/c1-18-15-19(2)22(20(3)16-18)23-29-24(27-10-12-33-14-13-32-11-9-26)31-25(30-23)28-17-21-7-5-4-6-8-21/h4-8,15-16H,9-14,17,26H2,1-3H3,(H2,27,28,29,30,31). The van der Waals surface area contributed by atoms with Crippen molar-refractivity contribution >= 4 is 11.9 Å². The van der Waals surface area contributed by atoms with Gasteiger partial charge in [0, 0.05) is 25.2 Å². The number of nitrogens with one attached hydrogen (secondary N) is 2. The second-order valence-electron chi connectivity index (χ2n) is 7.86. The predicted molar refractivity (Wildman–Crippen MR) is 132 cm³/mol. The lowest BCUT2D eigenvalue weighted by Gasteiger charge is -2.14. The zero-order valence-electron chi connectivity index (χ0n) is 19.7. The molecule has 0 saturated heterocycles. The van der Waals surface area contributed by atoms with Gasteiger partial charge in [0.1, 0.15) is 0 Å². The Kier molecular flexibility index (Phi) is 9.56. The van der Waals surface area contributed by atoms with E-state index in [4.69, 9.17) is 25.2 Å². The van der Waals surface area contributed by atoms with Crippen LogP contribution in [0, 0.1) is 20.8 Å². The van der Waals surface area contributed by atoms with E-state index >= 15 is 0 Å². The molecule has 0 fully saturated rings. The fourth-order valence-corrected chi connectivity index (χ4v) is 3.60. The Morgan fingerprint density at radius 3 is 2.09 bits per heavy atom. The first-order valence-corrected chi connectivity index (χ1v) is 11.3. The largest absolute Gasteiger partial charge is 0.378 e. The van der Waals surface area contributed by atoms with E-state index < -0.39 is 0 Å². The van der Waals surface area contributed by atoms with Crippen LogP contribution in [0.2, 0.25) is 0 Å². The molecule has 3 rings (SSSR count). The Hall–Kier alpha value is -3.07. The van der Waals surface area contributed by atoms with E-state index in [2.05, 4.69) is 60.7 Å². The van der Waals surface area contributed by atoms with Gasteiger partial charge in [-0.2, -0.15) is 15.0 Å². The summed E-state index contributed by atoms with van der Waals surface area (Å²) in [6.07, 6.45) is 0. The van der Waals surface area contributed by atoms with Crippen LogP contribution >= 0.6 is 0 Å². The van der Waals surface area contributed by atoms with Gasteiger partial charge in [0.05, 0.1) is 26.4 Å². The topological polar surface area (TPSA) is 107 Å². The number of aromatic nitrogens is 3. The van der Waals surface area contributed by atoms with Crippen molar-refractivity contribution in [2.75, 3.05) is 50.2 Å². The first-order chi connectivity index (χ1) is 16.1. The highest BCUT2D eigenvalue weighted by atomic mass is 16.5. The van der Waals surface area contributed by atoms with Gasteiger partial charge in [-0.1, -0.05) is 48.0 Å². The smallest absolute Gasteiger partial charge is 0.228 e. The summed E-state index contributed by atoms with van der Waals surface area (Å²) in [4.78, 5) is 14.0. The van der Waals surface area contributed by atoms with E-state index in [0.717, 1.165) is 22.3 Å². The van der Waals surface area contributed by atoms with Crippen molar-refractivity contribution in [2.45, 2.75) is 27.3 Å². The van der Waals surface area contributed by atoms with Gasteiger partial charge in [-0.3, -0.25) is 0 Å². The number of nitrogens with zero attached hydrogens (tertiary/aromatic N) is 3. The van der Waals surface area contributed by atoms with Gasteiger partial charge < -0.3 is 25.8 Å². The molecule has 1 aromatic heterocycles. The second kappa shape index (κ2) is 12.8. The van der Waals surface area contributed by atoms with Crippen molar-refractivity contribution in [2.24, 2.45) is 5.73 Å². The molecule has 0 bridgehead atoms. The molecule has 0 radical (unpaired) electrons. The van der Waals surface area contributed by atoms with E-state index in [1.165, 1.54) is 5.56 Å². The highest BCUT2D eigenvalue weighted by molar-refractivity contribution is 5.67. The van der Waals surface area contributed by atoms with Crippen molar-refractivity contribution in [3.05, 3.63) is 64.7 Å². The number of ether oxygens (including phenoxy) is 2. The SMILES string of the molecule is Cc1cc(C)c(-c2nc(NCCOCCOCCN)nc(NCc3ccccc3)n2)c(C)c1. The van der Waals surface area contributed by atoms with Gasteiger partial charge in [0.2, 0.25) is 11.9 Å². The van der Waals surface area contributed by atoms with Crippen LogP contribution in [0.15, 0.2) is 42.5 Å². The molecule has 3 aromatic rings. The van der Waals surface area contributed by atoms with Crippen LogP contribution in [0.1, 0.15) is 22.3 Å². The highest BCUT2D eigenvalue weighted by Crippen LogP contribution is 2.27. The molecule has 8 heteroatoms. The molecule has 33 heavy (non-hydrogen) atoms. The van der Waals surface area contributed by atoms with Gasteiger partial charge in [-0.15, -0.1) is 0 Å². The van der Waals surface area contributed by atoms with Crippen LogP contribution < -0.4 is 16.4 Å². The quantitative estimate of drug-likeness (QED) is 0.340. The minimum atomic E-state index is 0.512. The number of nitrogens with two attached hydrogens (primary N) is 1. The molecular weight excluding hydrogens is 416 g/mol. The number of anilines is 2. The van der Waals surface area contributed by atoms with E-state index in [1.54, 1.807) is 0 Å². The fourth-order valence-electron chi connectivity index (χ4n) is 3.60. The molecule has 176 valence electrons. The lowest BCUT2D eigenvalue weighted by Crippen LogP contribution is -2.16. The van der Waals surface area contributed by atoms with Crippen molar-refractivity contribution in [1.29, 1.82) is 0 Å². The molecular formula is C25H34N6O2. The Balaban J connectivity index is 1.72. The Morgan fingerprint density at radius 1 is 0.788 bits per heavy atom. The summed E-state index contributed by atoms with van der Waals surface area (Å²) in [5.41, 5.74) is 11.1. The summed E-state index contributed by atoms with van der Waals surface area (Å²) >= 11 is 0. The van der Waals surface area contributed by atoms with Gasteiger partial charge in [0.15, 0.2) is 5.82 Å². The van der Waals surface area contributed by atoms with Crippen LogP contribution in [-0.2, 0) is 16.0 Å². The van der Waals surface area contributed by atoms with E-state index in [-0.39, 0.29) is 0 Å². The molecule has 0 amide bonds. The zero-order chi connectivity index (χ0) is 23.5. The van der Waals surface area contributed by atoms with Crippen LogP contribution in [0.5, 0.6) is 0 Å². The summed E-state index contributed by atoms with van der Waals surface area (Å²) in [5.74, 6) is 1.69. The number of hydrogen-bond donors (Lipinski definition) is 3. The number of benzene rings is 2. The summed E-state index contributed by atoms with van der Waals surface area (Å²) in [6.45, 7) is 10.1. The molecule has 4 N–H and O–H groups in total. The molecule has 0 saturated carbocycles. The minimum Gasteiger partial charge on any atom is -0.378 e. The first-order valence-electron chi connectivity index (χ1n) is 11.3. The van der Waals surface area contributed by atoms with Crippen LogP contribution in [-0.4, -0.2) is 54.5 Å². The summed E-state index contributed by atoms with van der Waals surface area (Å²) in [7, 11) is 0. The summed E-state index contributed by atoms with van der Waals surface area (Å²) in [6, 6.07) is 14.5. The number of hydrogen-bond acceptors (Lipinski definition) is 8. The van der Waals surface area contributed by atoms with Crippen molar-refractivity contribution in [3.63, 3.8) is 0 Å². The number of rotatable bonds is 13. The van der Waals surface area contributed by atoms with Crippen LogP contribution in [0.4, 0.5) is 11.9 Å². The summed E-state index contributed by atoms with van der Waals surface area (Å²) < 4.78 is 10.9. The van der Waals surface area contributed by atoms with Gasteiger partial charge in [-0.25, -0.2) is 0 Å². The molecule has 0 unspecified atom stereocenters. The average molecular weight is 451 g/mol. The maximum absolute atomic E-state index is 5.59. The first kappa shape index (κ1) is 24.6. The van der Waals surface area contributed by atoms with Crippen LogP contribution in [0.3, 0.4) is 0 Å². The van der Waals surface area contributed by atoms with Crippen molar-refractivity contribution in [1.82, 2.24) is 15.0 Å². The second-order valence-corrected chi connectivity index (χ2v) is 7.86. The highest BCUT2D eigenvalue weighted by Gasteiger charge is 2.13. The van der Waals surface area contributed by atoms with E-state index in [1.807, 2.05) is 18.2 Å². The Labute approximate surface area is 196 Å². The van der Waals surface area contributed by atoms with E-state index in [0.29, 0.717) is 63.8 Å². The average Bonchev–Trinajstić information content (AvgIpc) is 2.79.